The van der Waals surface area contributed by atoms with Gasteiger partial charge in [0.25, 0.3) is 0 Å². The van der Waals surface area contributed by atoms with Gasteiger partial charge in [0, 0.05) is 38.2 Å². The second-order valence-corrected chi connectivity index (χ2v) is 12.4. The van der Waals surface area contributed by atoms with Gasteiger partial charge in [0.1, 0.15) is 6.04 Å². The molecule has 0 saturated carbocycles. The summed E-state index contributed by atoms with van der Waals surface area (Å²) in [7, 11) is 0. The number of ketones is 1. The van der Waals surface area contributed by atoms with E-state index in [1.54, 1.807) is 23.7 Å². The van der Waals surface area contributed by atoms with E-state index in [1.807, 2.05) is 69.6 Å². The maximum atomic E-state index is 13.7. The Morgan fingerprint density at radius 3 is 2.45 bits per heavy atom. The van der Waals surface area contributed by atoms with Crippen LogP contribution in [0.25, 0.3) is 10.4 Å². The summed E-state index contributed by atoms with van der Waals surface area (Å²) in [5, 5.41) is 13.3. The predicted octanol–water partition coefficient (Wildman–Crippen LogP) is 4.14. The minimum absolute atomic E-state index is 0.0796. The van der Waals surface area contributed by atoms with Crippen molar-refractivity contribution in [3.63, 3.8) is 0 Å². The van der Waals surface area contributed by atoms with Crippen LogP contribution in [0, 0.1) is 12.3 Å². The fourth-order valence-electron chi connectivity index (χ4n) is 5.05. The quantitative estimate of drug-likeness (QED) is 0.384. The number of aliphatic hydroxyl groups is 1. The molecule has 1 aliphatic rings. The van der Waals surface area contributed by atoms with E-state index in [9.17, 15) is 19.5 Å². The molecule has 0 bridgehead atoms. The zero-order chi connectivity index (χ0) is 28.9. The highest BCUT2D eigenvalue weighted by atomic mass is 32.1. The molecule has 3 heterocycles. The fourth-order valence-corrected chi connectivity index (χ4v) is 5.86. The Morgan fingerprint density at radius 2 is 1.82 bits per heavy atom. The highest BCUT2D eigenvalue weighted by molar-refractivity contribution is 7.13. The van der Waals surface area contributed by atoms with Gasteiger partial charge in [-0.25, -0.2) is 4.98 Å². The lowest BCUT2D eigenvalue weighted by molar-refractivity contribution is -0.143. The van der Waals surface area contributed by atoms with Crippen molar-refractivity contribution < 1.29 is 19.5 Å². The lowest BCUT2D eigenvalue weighted by atomic mass is 9.85. The van der Waals surface area contributed by atoms with Gasteiger partial charge in [0.15, 0.2) is 5.78 Å². The third kappa shape index (κ3) is 7.40. The van der Waals surface area contributed by atoms with Gasteiger partial charge in [-0.15, -0.1) is 11.3 Å². The van der Waals surface area contributed by atoms with Gasteiger partial charge < -0.3 is 15.3 Å². The van der Waals surface area contributed by atoms with Crippen molar-refractivity contribution in [3.05, 3.63) is 71.1 Å². The number of aryl methyl sites for hydroxylation is 3. The Kier molecular flexibility index (Phi) is 9.48. The van der Waals surface area contributed by atoms with E-state index in [4.69, 9.17) is 0 Å². The molecule has 1 aromatic carbocycles. The molecule has 4 rings (SSSR count). The Bertz CT molecular complexity index is 1320. The number of carbonyl (C=O) groups excluding carboxylic acids is 3. The molecule has 1 aliphatic heterocycles. The first kappa shape index (κ1) is 29.6. The minimum Gasteiger partial charge on any atom is -0.391 e. The molecule has 0 unspecified atom stereocenters. The second-order valence-electron chi connectivity index (χ2n) is 11.6. The van der Waals surface area contributed by atoms with Crippen molar-refractivity contribution in [2.24, 2.45) is 5.41 Å². The van der Waals surface area contributed by atoms with E-state index in [0.29, 0.717) is 12.8 Å². The molecule has 0 aliphatic carbocycles. The van der Waals surface area contributed by atoms with Crippen LogP contribution in [0.4, 0.5) is 0 Å². The van der Waals surface area contributed by atoms with Crippen molar-refractivity contribution in [1.29, 1.82) is 0 Å². The number of benzene rings is 1. The average Bonchev–Trinajstić information content (AvgIpc) is 3.54. The number of aromatic nitrogens is 2. The van der Waals surface area contributed by atoms with Crippen molar-refractivity contribution in [2.75, 3.05) is 6.54 Å². The van der Waals surface area contributed by atoms with E-state index >= 15 is 0 Å². The number of pyridine rings is 1. The molecule has 40 heavy (non-hydrogen) atoms. The Balaban J connectivity index is 1.38. The smallest absolute Gasteiger partial charge is 0.246 e. The first-order chi connectivity index (χ1) is 19.0. The van der Waals surface area contributed by atoms with Crippen LogP contribution in [0.1, 0.15) is 56.9 Å². The van der Waals surface area contributed by atoms with Crippen LogP contribution in [-0.4, -0.2) is 62.3 Å². The molecule has 8 nitrogen and oxygen atoms in total. The number of Topliss-reactive ketones (excluding diaryl/α,β-unsaturated/α-hetero) is 1. The molecule has 3 atom stereocenters. The molecule has 1 saturated heterocycles. The van der Waals surface area contributed by atoms with Gasteiger partial charge in [-0.2, -0.15) is 0 Å². The number of nitrogens with zero attached hydrogens (tertiary/aromatic N) is 3. The number of carbonyl (C=O) groups is 3. The van der Waals surface area contributed by atoms with Crippen LogP contribution in [0.3, 0.4) is 0 Å². The molecule has 2 amide bonds. The number of rotatable bonds is 10. The van der Waals surface area contributed by atoms with E-state index in [2.05, 4.69) is 15.3 Å². The molecule has 0 radical (unpaired) electrons. The number of nitrogens with one attached hydrogen (secondary N) is 1. The van der Waals surface area contributed by atoms with Gasteiger partial charge in [-0.3, -0.25) is 19.4 Å². The Labute approximate surface area is 239 Å². The van der Waals surface area contributed by atoms with E-state index < -0.39 is 23.6 Å². The van der Waals surface area contributed by atoms with Crippen molar-refractivity contribution in [2.45, 2.75) is 78.0 Å². The van der Waals surface area contributed by atoms with Gasteiger partial charge in [-0.05, 0) is 47.9 Å². The van der Waals surface area contributed by atoms with E-state index in [0.717, 1.165) is 27.3 Å². The molecular weight excluding hydrogens is 524 g/mol. The number of hydrogen-bond donors (Lipinski definition) is 2. The summed E-state index contributed by atoms with van der Waals surface area (Å²) in [6.07, 6.45) is 4.37. The van der Waals surface area contributed by atoms with Crippen LogP contribution in [0.15, 0.2) is 54.3 Å². The molecule has 1 fully saturated rings. The maximum absolute atomic E-state index is 13.7. The summed E-state index contributed by atoms with van der Waals surface area (Å²) >= 11 is 1.60. The lowest BCUT2D eigenvalue weighted by Crippen LogP contribution is -2.56. The highest BCUT2D eigenvalue weighted by Crippen LogP contribution is 2.29. The molecule has 2 N–H and O–H groups in total. The zero-order valence-electron chi connectivity index (χ0n) is 23.6. The van der Waals surface area contributed by atoms with Crippen LogP contribution in [-0.2, 0) is 27.2 Å². The summed E-state index contributed by atoms with van der Waals surface area (Å²) in [4.78, 5) is 50.9. The predicted molar refractivity (Wildman–Crippen MR) is 156 cm³/mol. The third-order valence-corrected chi connectivity index (χ3v) is 8.31. The van der Waals surface area contributed by atoms with Crippen LogP contribution in [0.2, 0.25) is 0 Å². The fraction of sp³-hybridized carbons (Fsp3) is 0.452. The monoisotopic (exact) mass is 562 g/mol. The van der Waals surface area contributed by atoms with Crippen LogP contribution in [0.5, 0.6) is 0 Å². The first-order valence-electron chi connectivity index (χ1n) is 13.7. The standard InChI is InChI=1S/C31H38N4O4S/c1-20-28(40-19-33-20)23-11-7-21(8-12-23)9-13-26(37)25-16-24(36)18-35(25)30(39)29(31(2,3)4)34-27(38)14-10-22-6-5-15-32-17-22/h5-8,11-12,15,17,19,24-25,29,36H,9-10,13-14,16,18H2,1-4H3,(H,34,38)/t24-,25+,29-/m1/s1. The van der Waals surface area contributed by atoms with Gasteiger partial charge in [-0.1, -0.05) is 51.1 Å². The first-order valence-corrected chi connectivity index (χ1v) is 14.6. The van der Waals surface area contributed by atoms with Crippen molar-refractivity contribution in [3.8, 4) is 10.4 Å². The molecular formula is C31H38N4O4S. The third-order valence-electron chi connectivity index (χ3n) is 7.34. The summed E-state index contributed by atoms with van der Waals surface area (Å²) in [5.41, 5.74) is 5.32. The normalized spacial score (nSPS) is 18.0. The molecule has 0 spiro atoms. The van der Waals surface area contributed by atoms with Crippen LogP contribution >= 0.6 is 11.3 Å². The number of amides is 2. The van der Waals surface area contributed by atoms with Crippen molar-refractivity contribution in [1.82, 2.24) is 20.2 Å². The summed E-state index contributed by atoms with van der Waals surface area (Å²) < 4.78 is 0. The Hall–Kier alpha value is -3.43. The summed E-state index contributed by atoms with van der Waals surface area (Å²) in [6.45, 7) is 7.73. The van der Waals surface area contributed by atoms with Gasteiger partial charge in [0.2, 0.25) is 11.8 Å². The number of thiazole rings is 1. The molecule has 9 heteroatoms. The van der Waals surface area contributed by atoms with Gasteiger partial charge >= 0.3 is 0 Å². The SMILES string of the molecule is Cc1ncsc1-c1ccc(CCC(=O)[C@@H]2C[C@@H](O)CN2C(=O)[C@@H](NC(=O)CCc2cccnc2)C(C)(C)C)cc1. The number of β-amino-alcohol motifs (C(OH)–C–C–N with tert-alkyl or cyclic N) is 1. The number of likely N-dealkylation sites (tertiary alicyclic amines) is 1. The second kappa shape index (κ2) is 12.8. The minimum atomic E-state index is -0.822. The molecule has 2 aromatic heterocycles. The average molecular weight is 563 g/mol. The number of hydrogen-bond acceptors (Lipinski definition) is 7. The Morgan fingerprint density at radius 1 is 1.10 bits per heavy atom. The molecule has 3 aromatic rings. The summed E-state index contributed by atoms with van der Waals surface area (Å²) in [6, 6.07) is 10.3. The zero-order valence-corrected chi connectivity index (χ0v) is 24.4. The summed E-state index contributed by atoms with van der Waals surface area (Å²) in [5.74, 6) is -0.652. The lowest BCUT2D eigenvalue weighted by Gasteiger charge is -2.35. The largest absolute Gasteiger partial charge is 0.391 e. The highest BCUT2D eigenvalue weighted by Gasteiger charge is 2.44. The topological polar surface area (TPSA) is 112 Å². The molecule has 212 valence electrons. The van der Waals surface area contributed by atoms with Crippen LogP contribution < -0.4 is 5.32 Å². The van der Waals surface area contributed by atoms with E-state index in [-0.39, 0.29) is 43.4 Å². The maximum Gasteiger partial charge on any atom is 0.246 e. The number of aliphatic hydroxyl groups excluding tert-OH is 1. The van der Waals surface area contributed by atoms with Gasteiger partial charge in [0.05, 0.1) is 28.2 Å². The van der Waals surface area contributed by atoms with E-state index in [1.165, 1.54) is 4.90 Å². The van der Waals surface area contributed by atoms with Crippen molar-refractivity contribution >= 4 is 28.9 Å².